The first-order valence-corrected chi connectivity index (χ1v) is 5.48. The molecule has 0 saturated carbocycles. The van der Waals surface area contributed by atoms with Crippen molar-refractivity contribution in [2.75, 3.05) is 20.0 Å². The highest BCUT2D eigenvalue weighted by molar-refractivity contribution is 7.99. The molecule has 2 N–H and O–H groups in total. The van der Waals surface area contributed by atoms with Gasteiger partial charge in [-0.25, -0.2) is 0 Å². The van der Waals surface area contributed by atoms with Crippen molar-refractivity contribution < 1.29 is 9.47 Å². The topological polar surface area (TPSA) is 75.2 Å². The van der Waals surface area contributed by atoms with E-state index < -0.39 is 0 Å². The quantitative estimate of drug-likeness (QED) is 0.549. The van der Waals surface area contributed by atoms with Crippen LogP contribution in [0.4, 0.5) is 0 Å². The number of nitrogens with two attached hydrogens (primary N) is 1. The summed E-state index contributed by atoms with van der Waals surface area (Å²) in [5.74, 6) is 1.44. The van der Waals surface area contributed by atoms with E-state index in [1.165, 1.54) is 11.8 Å². The van der Waals surface area contributed by atoms with E-state index in [9.17, 15) is 0 Å². The number of thioether (sulfide) groups is 1. The third-order valence-electron chi connectivity index (χ3n) is 1.98. The monoisotopic (exact) mass is 232 g/mol. The first-order valence-electron chi connectivity index (χ1n) is 4.49. The smallest absolute Gasteiger partial charge is 0.191 e. The number of nitrogens with zero attached hydrogens (tertiary/aromatic N) is 3. The molecule has 1 aromatic rings. The second kappa shape index (κ2) is 6.06. The SMILES string of the molecule is COC(CSc1nnc(CN)n1C)OC. The molecule has 1 rings (SSSR count). The highest BCUT2D eigenvalue weighted by Crippen LogP contribution is 2.17. The van der Waals surface area contributed by atoms with Crippen LogP contribution in [0.25, 0.3) is 0 Å². The van der Waals surface area contributed by atoms with Crippen LogP contribution in [0, 0.1) is 0 Å². The molecule has 0 bridgehead atoms. The number of hydrogen-bond donors (Lipinski definition) is 1. The number of methoxy groups -OCH3 is 2. The van der Waals surface area contributed by atoms with Crippen molar-refractivity contribution in [3.63, 3.8) is 0 Å². The Kier molecular flexibility index (Phi) is 5.03. The summed E-state index contributed by atoms with van der Waals surface area (Å²) < 4.78 is 12.0. The van der Waals surface area contributed by atoms with E-state index in [1.54, 1.807) is 14.2 Å². The molecule has 0 unspecified atom stereocenters. The van der Waals surface area contributed by atoms with Crippen molar-refractivity contribution in [3.05, 3.63) is 5.82 Å². The van der Waals surface area contributed by atoms with E-state index in [1.807, 2.05) is 11.6 Å². The molecule has 0 amide bonds. The van der Waals surface area contributed by atoms with Crippen LogP contribution < -0.4 is 5.73 Å². The Balaban J connectivity index is 2.53. The predicted molar refractivity (Wildman–Crippen MR) is 57.4 cm³/mol. The molecule has 0 aliphatic heterocycles. The zero-order valence-electron chi connectivity index (χ0n) is 9.14. The van der Waals surface area contributed by atoms with E-state index >= 15 is 0 Å². The number of rotatable bonds is 6. The lowest BCUT2D eigenvalue weighted by atomic mass is 10.6. The lowest BCUT2D eigenvalue weighted by Crippen LogP contribution is -2.16. The van der Waals surface area contributed by atoms with Gasteiger partial charge in [0.25, 0.3) is 0 Å². The highest BCUT2D eigenvalue weighted by atomic mass is 32.2. The third-order valence-corrected chi connectivity index (χ3v) is 3.03. The molecule has 1 heterocycles. The summed E-state index contributed by atoms with van der Waals surface area (Å²) in [6.45, 7) is 0.391. The Hall–Kier alpha value is -0.630. The van der Waals surface area contributed by atoms with Gasteiger partial charge in [-0.1, -0.05) is 11.8 Å². The maximum atomic E-state index is 5.49. The second-order valence-electron chi connectivity index (χ2n) is 2.87. The van der Waals surface area contributed by atoms with E-state index in [2.05, 4.69) is 10.2 Å². The lowest BCUT2D eigenvalue weighted by Gasteiger charge is -2.11. The van der Waals surface area contributed by atoms with Gasteiger partial charge in [0.15, 0.2) is 11.4 Å². The van der Waals surface area contributed by atoms with Crippen molar-refractivity contribution in [2.45, 2.75) is 18.0 Å². The Bertz CT molecular complexity index is 301. The van der Waals surface area contributed by atoms with Crippen LogP contribution in [-0.2, 0) is 23.1 Å². The molecule has 0 aromatic carbocycles. The van der Waals surface area contributed by atoms with Gasteiger partial charge in [0.2, 0.25) is 0 Å². The van der Waals surface area contributed by atoms with Crippen molar-refractivity contribution in [1.82, 2.24) is 14.8 Å². The van der Waals surface area contributed by atoms with Gasteiger partial charge in [0, 0.05) is 21.3 Å². The molecule has 0 radical (unpaired) electrons. The summed E-state index contributed by atoms with van der Waals surface area (Å²) >= 11 is 1.52. The van der Waals surface area contributed by atoms with Gasteiger partial charge < -0.3 is 19.8 Å². The number of hydrogen-bond acceptors (Lipinski definition) is 6. The molecule has 1 aromatic heterocycles. The first kappa shape index (κ1) is 12.4. The Morgan fingerprint density at radius 1 is 1.40 bits per heavy atom. The normalized spacial score (nSPS) is 11.3. The lowest BCUT2D eigenvalue weighted by molar-refractivity contribution is -0.0842. The van der Waals surface area contributed by atoms with Gasteiger partial charge >= 0.3 is 0 Å². The summed E-state index contributed by atoms with van der Waals surface area (Å²) in [5, 5.41) is 8.78. The molecule has 86 valence electrons. The van der Waals surface area contributed by atoms with Crippen LogP contribution in [0.1, 0.15) is 5.82 Å². The Morgan fingerprint density at radius 3 is 2.53 bits per heavy atom. The fourth-order valence-corrected chi connectivity index (χ4v) is 1.98. The Labute approximate surface area is 93.1 Å². The molecule has 7 heteroatoms. The van der Waals surface area contributed by atoms with Crippen LogP contribution in [0.3, 0.4) is 0 Å². The Morgan fingerprint density at radius 2 is 2.07 bits per heavy atom. The standard InChI is InChI=1S/C8H16N4O2S/c1-12-6(4-9)10-11-8(12)15-5-7(13-2)14-3/h7H,4-5,9H2,1-3H3. The molecule has 6 nitrogen and oxygen atoms in total. The van der Waals surface area contributed by atoms with Gasteiger partial charge in [-0.3, -0.25) is 0 Å². The van der Waals surface area contributed by atoms with Crippen LogP contribution in [-0.4, -0.2) is 41.0 Å². The minimum absolute atomic E-state index is 0.229. The third kappa shape index (κ3) is 3.16. The second-order valence-corrected chi connectivity index (χ2v) is 3.86. The predicted octanol–water partition coefficient (Wildman–Crippen LogP) is -0.0152. The van der Waals surface area contributed by atoms with E-state index in [0.717, 1.165) is 11.0 Å². The van der Waals surface area contributed by atoms with Crippen molar-refractivity contribution >= 4 is 11.8 Å². The zero-order chi connectivity index (χ0) is 11.3. The molecule has 0 saturated heterocycles. The van der Waals surface area contributed by atoms with Gasteiger partial charge in [0.05, 0.1) is 12.3 Å². The minimum atomic E-state index is -0.229. The summed E-state index contributed by atoms with van der Waals surface area (Å²) in [4.78, 5) is 0. The van der Waals surface area contributed by atoms with Crippen molar-refractivity contribution in [1.29, 1.82) is 0 Å². The molecule has 0 aliphatic rings. The molecule has 0 aliphatic carbocycles. The average Bonchev–Trinajstić information content (AvgIpc) is 2.61. The minimum Gasteiger partial charge on any atom is -0.355 e. The molecular formula is C8H16N4O2S. The highest BCUT2D eigenvalue weighted by Gasteiger charge is 2.11. The maximum Gasteiger partial charge on any atom is 0.191 e. The molecule has 0 atom stereocenters. The van der Waals surface area contributed by atoms with Gasteiger partial charge in [-0.15, -0.1) is 10.2 Å². The van der Waals surface area contributed by atoms with E-state index in [0.29, 0.717) is 12.3 Å². The van der Waals surface area contributed by atoms with Crippen LogP contribution >= 0.6 is 11.8 Å². The average molecular weight is 232 g/mol. The fraction of sp³-hybridized carbons (Fsp3) is 0.750. The largest absolute Gasteiger partial charge is 0.355 e. The van der Waals surface area contributed by atoms with E-state index in [-0.39, 0.29) is 6.29 Å². The zero-order valence-corrected chi connectivity index (χ0v) is 9.95. The van der Waals surface area contributed by atoms with Crippen LogP contribution in [0.15, 0.2) is 5.16 Å². The summed E-state index contributed by atoms with van der Waals surface area (Å²) in [6, 6.07) is 0. The number of aromatic nitrogens is 3. The first-order chi connectivity index (χ1) is 7.22. The van der Waals surface area contributed by atoms with Gasteiger partial charge in [0.1, 0.15) is 5.82 Å². The molecular weight excluding hydrogens is 216 g/mol. The van der Waals surface area contributed by atoms with Gasteiger partial charge in [-0.05, 0) is 0 Å². The van der Waals surface area contributed by atoms with Crippen LogP contribution in [0.2, 0.25) is 0 Å². The summed E-state index contributed by atoms with van der Waals surface area (Å²) in [7, 11) is 5.10. The maximum absolute atomic E-state index is 5.49. The summed E-state index contributed by atoms with van der Waals surface area (Å²) in [5.41, 5.74) is 5.49. The van der Waals surface area contributed by atoms with Crippen molar-refractivity contribution in [3.8, 4) is 0 Å². The van der Waals surface area contributed by atoms with E-state index in [4.69, 9.17) is 15.2 Å². The molecule has 0 spiro atoms. The molecule has 0 fully saturated rings. The fourth-order valence-electron chi connectivity index (χ4n) is 1.02. The van der Waals surface area contributed by atoms with Crippen molar-refractivity contribution in [2.24, 2.45) is 12.8 Å². The van der Waals surface area contributed by atoms with Gasteiger partial charge in [-0.2, -0.15) is 0 Å². The molecule has 15 heavy (non-hydrogen) atoms. The summed E-state index contributed by atoms with van der Waals surface area (Å²) in [6.07, 6.45) is -0.229. The van der Waals surface area contributed by atoms with Crippen LogP contribution in [0.5, 0.6) is 0 Å². The number of ether oxygens (including phenoxy) is 2.